The molecule has 0 unspecified atom stereocenters. The number of hydrogen-bond donors (Lipinski definition) is 2. The number of nitrogens with one attached hydrogen (secondary N) is 1. The Morgan fingerprint density at radius 2 is 2.04 bits per heavy atom. The van der Waals surface area contributed by atoms with Gasteiger partial charge in [0, 0.05) is 31.7 Å². The molecular weight excluding hydrogens is 332 g/mol. The minimum Gasteiger partial charge on any atom is -0.480 e. The molecule has 138 valence electrons. The molecule has 1 fully saturated rings. The molecule has 26 heavy (non-hydrogen) atoms. The normalized spacial score (nSPS) is 17.1. The van der Waals surface area contributed by atoms with Crippen molar-refractivity contribution in [2.75, 3.05) is 13.1 Å². The molecule has 0 bridgehead atoms. The number of amides is 2. The Hall–Kier alpha value is -2.83. The molecule has 7 heteroatoms. The van der Waals surface area contributed by atoms with Crippen LogP contribution in [0.15, 0.2) is 36.5 Å². The van der Waals surface area contributed by atoms with Crippen molar-refractivity contribution in [3.05, 3.63) is 53.3 Å². The molecule has 1 atom stereocenters. The van der Waals surface area contributed by atoms with Crippen LogP contribution in [0.3, 0.4) is 0 Å². The zero-order valence-corrected chi connectivity index (χ0v) is 14.9. The summed E-state index contributed by atoms with van der Waals surface area (Å²) in [6.45, 7) is 3.73. The Morgan fingerprint density at radius 3 is 2.77 bits per heavy atom. The molecule has 2 aromatic rings. The van der Waals surface area contributed by atoms with Gasteiger partial charge in [0.1, 0.15) is 6.54 Å². The van der Waals surface area contributed by atoms with E-state index >= 15 is 0 Å². The van der Waals surface area contributed by atoms with Gasteiger partial charge in [0.05, 0.1) is 5.69 Å². The molecule has 0 aliphatic carbocycles. The van der Waals surface area contributed by atoms with E-state index in [4.69, 9.17) is 5.11 Å². The highest BCUT2D eigenvalue weighted by Crippen LogP contribution is 2.25. The summed E-state index contributed by atoms with van der Waals surface area (Å²) in [4.78, 5) is 25.1. The lowest BCUT2D eigenvalue weighted by atomic mass is 9.95. The fraction of sp³-hybridized carbons (Fsp3) is 0.421. The van der Waals surface area contributed by atoms with Gasteiger partial charge in [0.2, 0.25) is 0 Å². The van der Waals surface area contributed by atoms with Crippen LogP contribution >= 0.6 is 0 Å². The fourth-order valence-electron chi connectivity index (χ4n) is 3.22. The fourth-order valence-corrected chi connectivity index (χ4v) is 3.22. The van der Waals surface area contributed by atoms with Crippen LogP contribution in [0.5, 0.6) is 0 Å². The number of rotatable bonds is 5. The maximum Gasteiger partial charge on any atom is 0.325 e. The first kappa shape index (κ1) is 18.0. The summed E-state index contributed by atoms with van der Waals surface area (Å²) in [5, 5.41) is 16.2. The van der Waals surface area contributed by atoms with E-state index in [1.54, 1.807) is 6.20 Å². The Kier molecular flexibility index (Phi) is 5.55. The summed E-state index contributed by atoms with van der Waals surface area (Å²) in [5.41, 5.74) is 3.12. The van der Waals surface area contributed by atoms with Crippen LogP contribution in [0.4, 0.5) is 4.79 Å². The number of aryl methyl sites for hydroxylation is 1. The molecule has 1 aromatic heterocycles. The Balaban J connectivity index is 1.55. The topological polar surface area (TPSA) is 87.5 Å². The van der Waals surface area contributed by atoms with Gasteiger partial charge in [-0.2, -0.15) is 5.10 Å². The largest absolute Gasteiger partial charge is 0.480 e. The molecule has 3 rings (SSSR count). The molecular formula is C19H24N4O3. The van der Waals surface area contributed by atoms with Crippen LogP contribution in [0, 0.1) is 6.92 Å². The summed E-state index contributed by atoms with van der Waals surface area (Å²) >= 11 is 0. The van der Waals surface area contributed by atoms with Crippen molar-refractivity contribution in [3.63, 3.8) is 0 Å². The van der Waals surface area contributed by atoms with E-state index in [-0.39, 0.29) is 18.5 Å². The lowest BCUT2D eigenvalue weighted by molar-refractivity contribution is -0.137. The third-order valence-corrected chi connectivity index (χ3v) is 4.65. The predicted molar refractivity (Wildman–Crippen MR) is 96.8 cm³/mol. The van der Waals surface area contributed by atoms with Crippen LogP contribution in [-0.4, -0.2) is 44.9 Å². The van der Waals surface area contributed by atoms with Crippen molar-refractivity contribution < 1.29 is 14.7 Å². The lowest BCUT2D eigenvalue weighted by Crippen LogP contribution is -2.44. The molecule has 1 aromatic carbocycles. The Morgan fingerprint density at radius 1 is 1.27 bits per heavy atom. The highest BCUT2D eigenvalue weighted by molar-refractivity contribution is 5.74. The second-order valence-electron chi connectivity index (χ2n) is 6.76. The van der Waals surface area contributed by atoms with Crippen LogP contribution in [0.25, 0.3) is 0 Å². The number of urea groups is 1. The second kappa shape index (κ2) is 8.03. The minimum atomic E-state index is -0.916. The standard InChI is InChI=1S/C19H24N4O3/c1-14-4-6-15(7-5-14)11-20-19(26)22-9-2-3-16(12-22)17-8-10-23(21-17)13-18(24)25/h4-8,10,16H,2-3,9,11-13H2,1H3,(H,20,26)(H,24,25)/t16-/m1/s1. The van der Waals surface area contributed by atoms with Crippen molar-refractivity contribution >= 4 is 12.0 Å². The van der Waals surface area contributed by atoms with Gasteiger partial charge in [-0.05, 0) is 31.4 Å². The van der Waals surface area contributed by atoms with Gasteiger partial charge in [0.25, 0.3) is 0 Å². The first-order valence-corrected chi connectivity index (χ1v) is 8.85. The highest BCUT2D eigenvalue weighted by Gasteiger charge is 2.26. The van der Waals surface area contributed by atoms with E-state index in [9.17, 15) is 9.59 Å². The maximum absolute atomic E-state index is 12.5. The van der Waals surface area contributed by atoms with E-state index < -0.39 is 5.97 Å². The van der Waals surface area contributed by atoms with Crippen molar-refractivity contribution in [3.8, 4) is 0 Å². The minimum absolute atomic E-state index is 0.0692. The van der Waals surface area contributed by atoms with Gasteiger partial charge in [-0.3, -0.25) is 9.48 Å². The molecule has 1 aliphatic rings. The molecule has 1 aliphatic heterocycles. The molecule has 1 saturated heterocycles. The van der Waals surface area contributed by atoms with Gasteiger partial charge in [-0.1, -0.05) is 29.8 Å². The molecule has 2 amide bonds. The van der Waals surface area contributed by atoms with E-state index in [0.717, 1.165) is 30.6 Å². The van der Waals surface area contributed by atoms with Gasteiger partial charge in [-0.25, -0.2) is 4.79 Å². The predicted octanol–water partition coefficient (Wildman–Crippen LogP) is 2.37. The number of aromatic nitrogens is 2. The number of carboxylic acids is 1. The third-order valence-electron chi connectivity index (χ3n) is 4.65. The van der Waals surface area contributed by atoms with Crippen LogP contribution < -0.4 is 5.32 Å². The van der Waals surface area contributed by atoms with E-state index in [1.165, 1.54) is 10.2 Å². The Labute approximate surface area is 152 Å². The zero-order chi connectivity index (χ0) is 18.5. The average molecular weight is 356 g/mol. The Bertz CT molecular complexity index is 769. The zero-order valence-electron chi connectivity index (χ0n) is 14.9. The summed E-state index contributed by atoms with van der Waals surface area (Å²) in [5.74, 6) is -0.774. The molecule has 2 N–H and O–H groups in total. The number of aliphatic carboxylic acids is 1. The third kappa shape index (κ3) is 4.62. The molecule has 0 radical (unpaired) electrons. The first-order valence-electron chi connectivity index (χ1n) is 8.85. The summed E-state index contributed by atoms with van der Waals surface area (Å²) < 4.78 is 1.42. The molecule has 0 saturated carbocycles. The number of piperidine rings is 1. The summed E-state index contributed by atoms with van der Waals surface area (Å²) in [6, 6.07) is 9.88. The summed E-state index contributed by atoms with van der Waals surface area (Å²) in [7, 11) is 0. The lowest BCUT2D eigenvalue weighted by Gasteiger charge is -2.32. The van der Waals surface area contributed by atoms with Crippen molar-refractivity contribution in [1.29, 1.82) is 0 Å². The number of nitrogens with zero attached hydrogens (tertiary/aromatic N) is 3. The number of carbonyl (C=O) groups excluding carboxylic acids is 1. The highest BCUT2D eigenvalue weighted by atomic mass is 16.4. The van der Waals surface area contributed by atoms with Crippen LogP contribution in [0.1, 0.15) is 35.6 Å². The number of hydrogen-bond acceptors (Lipinski definition) is 3. The number of carbonyl (C=O) groups is 2. The number of carboxylic acid groups (broad SMARTS) is 1. The van der Waals surface area contributed by atoms with Crippen molar-refractivity contribution in [2.24, 2.45) is 0 Å². The van der Waals surface area contributed by atoms with E-state index in [1.807, 2.05) is 42.2 Å². The first-order chi connectivity index (χ1) is 12.5. The average Bonchev–Trinajstić information content (AvgIpc) is 3.09. The second-order valence-corrected chi connectivity index (χ2v) is 6.76. The van der Waals surface area contributed by atoms with Gasteiger partial charge < -0.3 is 15.3 Å². The van der Waals surface area contributed by atoms with Crippen LogP contribution in [0.2, 0.25) is 0 Å². The number of benzene rings is 1. The SMILES string of the molecule is Cc1ccc(CNC(=O)N2CCC[C@@H](c3ccn(CC(=O)O)n3)C2)cc1. The quantitative estimate of drug-likeness (QED) is 0.861. The van der Waals surface area contributed by atoms with Gasteiger partial charge >= 0.3 is 12.0 Å². The molecule has 7 nitrogen and oxygen atoms in total. The van der Waals surface area contributed by atoms with Crippen LogP contribution in [-0.2, 0) is 17.9 Å². The van der Waals surface area contributed by atoms with E-state index in [2.05, 4.69) is 10.4 Å². The van der Waals surface area contributed by atoms with Gasteiger partial charge in [-0.15, -0.1) is 0 Å². The summed E-state index contributed by atoms with van der Waals surface area (Å²) in [6.07, 6.45) is 3.54. The smallest absolute Gasteiger partial charge is 0.325 e. The van der Waals surface area contributed by atoms with Crippen molar-refractivity contribution in [2.45, 2.75) is 38.8 Å². The van der Waals surface area contributed by atoms with Crippen molar-refractivity contribution in [1.82, 2.24) is 20.0 Å². The maximum atomic E-state index is 12.5. The monoisotopic (exact) mass is 356 g/mol. The molecule has 2 heterocycles. The van der Waals surface area contributed by atoms with Gasteiger partial charge in [0.15, 0.2) is 0 Å². The van der Waals surface area contributed by atoms with E-state index in [0.29, 0.717) is 13.1 Å². The molecule has 0 spiro atoms. The number of likely N-dealkylation sites (tertiary alicyclic amines) is 1.